The third-order valence-electron chi connectivity index (χ3n) is 4.85. The summed E-state index contributed by atoms with van der Waals surface area (Å²) < 4.78 is 16.1. The summed E-state index contributed by atoms with van der Waals surface area (Å²) in [5.74, 6) is -0.200. The molecule has 1 atom stereocenters. The van der Waals surface area contributed by atoms with Gasteiger partial charge in [0, 0.05) is 11.5 Å². The topological polar surface area (TPSA) is 121 Å². The maximum absolute atomic E-state index is 13.3. The predicted octanol–water partition coefficient (Wildman–Crippen LogP) is 4.47. The van der Waals surface area contributed by atoms with Crippen LogP contribution in [0.4, 0.5) is 5.69 Å². The number of esters is 1. The molecule has 1 heterocycles. The zero-order valence-corrected chi connectivity index (χ0v) is 18.2. The fourth-order valence-electron chi connectivity index (χ4n) is 3.50. The van der Waals surface area contributed by atoms with E-state index in [0.29, 0.717) is 22.5 Å². The molecule has 3 rings (SSSR count). The van der Waals surface area contributed by atoms with Crippen LogP contribution in [-0.2, 0) is 9.53 Å². The highest BCUT2D eigenvalue weighted by Gasteiger charge is 2.29. The van der Waals surface area contributed by atoms with Crippen molar-refractivity contribution in [2.45, 2.75) is 39.3 Å². The SMILES string of the molecule is COc1ccc2oc(C)c(C(=O)NC(CC(=O)OC(C)C)c3ccccc3[N+](=O)[O-])c2c1. The van der Waals surface area contributed by atoms with Crippen LogP contribution in [0.1, 0.15) is 48.0 Å². The molecule has 0 bridgehead atoms. The van der Waals surface area contributed by atoms with Gasteiger partial charge in [-0.1, -0.05) is 18.2 Å². The van der Waals surface area contributed by atoms with Gasteiger partial charge in [-0.15, -0.1) is 0 Å². The molecule has 0 aliphatic heterocycles. The van der Waals surface area contributed by atoms with E-state index in [-0.39, 0.29) is 29.3 Å². The van der Waals surface area contributed by atoms with E-state index in [2.05, 4.69) is 5.32 Å². The quantitative estimate of drug-likeness (QED) is 0.312. The number of nitrogens with one attached hydrogen (secondary N) is 1. The average molecular weight is 440 g/mol. The molecule has 0 spiro atoms. The summed E-state index contributed by atoms with van der Waals surface area (Å²) in [5, 5.41) is 14.8. The van der Waals surface area contributed by atoms with E-state index in [4.69, 9.17) is 13.9 Å². The van der Waals surface area contributed by atoms with E-state index in [1.807, 2.05) is 0 Å². The number of aryl methyl sites for hydroxylation is 1. The van der Waals surface area contributed by atoms with Crippen molar-refractivity contribution in [3.05, 3.63) is 69.5 Å². The molecule has 1 aromatic heterocycles. The molecule has 0 aliphatic carbocycles. The summed E-state index contributed by atoms with van der Waals surface area (Å²) >= 11 is 0. The van der Waals surface area contributed by atoms with Gasteiger partial charge in [-0.05, 0) is 39.0 Å². The van der Waals surface area contributed by atoms with Crippen molar-refractivity contribution in [1.29, 1.82) is 0 Å². The molecular formula is C23H24N2O7. The summed E-state index contributed by atoms with van der Waals surface area (Å²) in [6.07, 6.45) is -0.635. The van der Waals surface area contributed by atoms with Crippen LogP contribution in [0.2, 0.25) is 0 Å². The Bertz CT molecular complexity index is 1170. The normalized spacial score (nSPS) is 11.9. The molecule has 32 heavy (non-hydrogen) atoms. The number of ether oxygens (including phenoxy) is 2. The summed E-state index contributed by atoms with van der Waals surface area (Å²) in [6, 6.07) is 10.1. The van der Waals surface area contributed by atoms with Gasteiger partial charge in [-0.2, -0.15) is 0 Å². The standard InChI is InChI=1S/C23H24N2O7/c1-13(2)31-21(26)12-18(16-7-5-6-8-19(16)25(28)29)24-23(27)22-14(3)32-20-10-9-15(30-4)11-17(20)22/h5-11,13,18H,12H2,1-4H3,(H,24,27). The molecule has 2 aromatic carbocycles. The van der Waals surface area contributed by atoms with Gasteiger partial charge in [-0.25, -0.2) is 0 Å². The van der Waals surface area contributed by atoms with Crippen LogP contribution in [0, 0.1) is 17.0 Å². The Labute approximate surface area is 184 Å². The van der Waals surface area contributed by atoms with Crippen LogP contribution in [0.15, 0.2) is 46.9 Å². The number of hydrogen-bond donors (Lipinski definition) is 1. The molecule has 0 saturated carbocycles. The molecule has 0 aliphatic rings. The van der Waals surface area contributed by atoms with Crippen molar-refractivity contribution in [3.63, 3.8) is 0 Å². The number of benzene rings is 2. The van der Waals surface area contributed by atoms with Crippen molar-refractivity contribution in [2.24, 2.45) is 0 Å². The molecular weight excluding hydrogens is 416 g/mol. The van der Waals surface area contributed by atoms with Gasteiger partial charge < -0.3 is 19.2 Å². The number of methoxy groups -OCH3 is 1. The monoisotopic (exact) mass is 440 g/mol. The molecule has 1 N–H and O–H groups in total. The highest BCUT2D eigenvalue weighted by atomic mass is 16.6. The van der Waals surface area contributed by atoms with E-state index in [0.717, 1.165) is 0 Å². The number of nitro benzene ring substituents is 1. The fraction of sp³-hybridized carbons (Fsp3) is 0.304. The maximum atomic E-state index is 13.3. The van der Waals surface area contributed by atoms with Crippen LogP contribution < -0.4 is 10.1 Å². The maximum Gasteiger partial charge on any atom is 0.308 e. The van der Waals surface area contributed by atoms with Gasteiger partial charge in [0.15, 0.2) is 0 Å². The molecule has 0 fully saturated rings. The van der Waals surface area contributed by atoms with Gasteiger partial charge in [-0.3, -0.25) is 19.7 Å². The number of hydrogen-bond acceptors (Lipinski definition) is 7. The number of nitrogens with zero attached hydrogens (tertiary/aromatic N) is 1. The molecule has 9 heteroatoms. The summed E-state index contributed by atoms with van der Waals surface area (Å²) in [7, 11) is 1.51. The zero-order chi connectivity index (χ0) is 23.4. The van der Waals surface area contributed by atoms with Gasteiger partial charge in [0.1, 0.15) is 17.1 Å². The van der Waals surface area contributed by atoms with E-state index < -0.39 is 22.8 Å². The zero-order valence-electron chi connectivity index (χ0n) is 18.2. The Morgan fingerprint density at radius 3 is 2.56 bits per heavy atom. The predicted molar refractivity (Wildman–Crippen MR) is 117 cm³/mol. The second-order valence-corrected chi connectivity index (χ2v) is 7.48. The number of carbonyl (C=O) groups excluding carboxylic acids is 2. The van der Waals surface area contributed by atoms with Crippen molar-refractivity contribution in [2.75, 3.05) is 7.11 Å². The Morgan fingerprint density at radius 2 is 1.91 bits per heavy atom. The Kier molecular flexibility index (Phi) is 6.77. The van der Waals surface area contributed by atoms with E-state index >= 15 is 0 Å². The second-order valence-electron chi connectivity index (χ2n) is 7.48. The van der Waals surface area contributed by atoms with E-state index in [9.17, 15) is 19.7 Å². The smallest absolute Gasteiger partial charge is 0.308 e. The van der Waals surface area contributed by atoms with Gasteiger partial charge >= 0.3 is 5.97 Å². The number of carbonyl (C=O) groups is 2. The summed E-state index contributed by atoms with van der Waals surface area (Å²) in [5.41, 5.74) is 0.759. The van der Waals surface area contributed by atoms with E-state index in [1.165, 1.54) is 25.3 Å². The van der Waals surface area contributed by atoms with Crippen molar-refractivity contribution in [3.8, 4) is 5.75 Å². The number of fused-ring (bicyclic) bond motifs is 1. The lowest BCUT2D eigenvalue weighted by molar-refractivity contribution is -0.385. The first-order valence-electron chi connectivity index (χ1n) is 10.0. The number of nitro groups is 1. The number of furan rings is 1. The number of para-hydroxylation sites is 1. The van der Waals surface area contributed by atoms with Crippen molar-refractivity contribution < 1.29 is 28.4 Å². The minimum Gasteiger partial charge on any atom is -0.497 e. The van der Waals surface area contributed by atoms with Crippen molar-refractivity contribution >= 4 is 28.5 Å². The summed E-state index contributed by atoms with van der Waals surface area (Å²) in [6.45, 7) is 5.05. The lowest BCUT2D eigenvalue weighted by Gasteiger charge is -2.19. The average Bonchev–Trinajstić information content (AvgIpc) is 3.07. The molecule has 168 valence electrons. The Hall–Kier alpha value is -3.88. The largest absolute Gasteiger partial charge is 0.497 e. The first kappa shape index (κ1) is 22.8. The van der Waals surface area contributed by atoms with Gasteiger partial charge in [0.2, 0.25) is 0 Å². The van der Waals surface area contributed by atoms with Crippen LogP contribution in [-0.4, -0.2) is 30.0 Å². The first-order chi connectivity index (χ1) is 15.2. The van der Waals surface area contributed by atoms with Crippen LogP contribution in [0.3, 0.4) is 0 Å². The Morgan fingerprint density at radius 1 is 1.19 bits per heavy atom. The molecule has 1 unspecified atom stereocenters. The number of rotatable bonds is 8. The third-order valence-corrected chi connectivity index (χ3v) is 4.85. The minimum absolute atomic E-state index is 0.203. The minimum atomic E-state index is -0.981. The lowest BCUT2D eigenvalue weighted by Crippen LogP contribution is -2.31. The molecule has 1 amide bonds. The molecule has 9 nitrogen and oxygen atoms in total. The highest BCUT2D eigenvalue weighted by molar-refractivity contribution is 6.07. The van der Waals surface area contributed by atoms with Crippen LogP contribution in [0.5, 0.6) is 5.75 Å². The molecule has 0 radical (unpaired) electrons. The van der Waals surface area contributed by atoms with E-state index in [1.54, 1.807) is 45.0 Å². The third kappa shape index (κ3) is 4.88. The highest BCUT2D eigenvalue weighted by Crippen LogP contribution is 2.31. The number of amides is 1. The van der Waals surface area contributed by atoms with Gasteiger partial charge in [0.25, 0.3) is 11.6 Å². The lowest BCUT2D eigenvalue weighted by atomic mass is 10.0. The van der Waals surface area contributed by atoms with Gasteiger partial charge in [0.05, 0.1) is 41.7 Å². The first-order valence-corrected chi connectivity index (χ1v) is 10.0. The van der Waals surface area contributed by atoms with Crippen LogP contribution >= 0.6 is 0 Å². The van der Waals surface area contributed by atoms with Crippen LogP contribution in [0.25, 0.3) is 11.0 Å². The fourth-order valence-corrected chi connectivity index (χ4v) is 3.50. The molecule has 3 aromatic rings. The second kappa shape index (κ2) is 9.51. The van der Waals surface area contributed by atoms with Crippen molar-refractivity contribution in [1.82, 2.24) is 5.32 Å². The molecule has 0 saturated heterocycles. The Balaban J connectivity index is 2.01. The summed E-state index contributed by atoms with van der Waals surface area (Å²) in [4.78, 5) is 36.6.